The minimum Gasteiger partial charge on any atom is -0.249 e. The Balaban J connectivity index is 2.31. The summed E-state index contributed by atoms with van der Waals surface area (Å²) >= 11 is 0. The molecule has 1 aliphatic rings. The fourth-order valence-corrected chi connectivity index (χ4v) is 4.18. The van der Waals surface area contributed by atoms with Crippen LogP contribution in [0.4, 0.5) is 0 Å². The highest BCUT2D eigenvalue weighted by Gasteiger charge is 2.28. The third-order valence-electron chi connectivity index (χ3n) is 4.37. The molecule has 1 aliphatic carbocycles. The van der Waals surface area contributed by atoms with Gasteiger partial charge in [-0.3, -0.25) is 0 Å². The van der Waals surface area contributed by atoms with Crippen LogP contribution in [0.3, 0.4) is 0 Å². The van der Waals surface area contributed by atoms with E-state index in [-0.39, 0.29) is 5.41 Å². The molecule has 0 N–H and O–H groups in total. The van der Waals surface area contributed by atoms with Crippen molar-refractivity contribution in [2.24, 2.45) is 5.41 Å². The number of rotatable bonds is 4. The van der Waals surface area contributed by atoms with Crippen molar-refractivity contribution in [3.05, 3.63) is 65.1 Å². The van der Waals surface area contributed by atoms with Crippen LogP contribution < -0.4 is 0 Å². The van der Waals surface area contributed by atoms with Crippen LogP contribution in [-0.2, 0) is 10.8 Å². The number of benzene rings is 1. The summed E-state index contributed by atoms with van der Waals surface area (Å²) in [6.07, 6.45) is 8.47. The Morgan fingerprint density at radius 3 is 2.59 bits per heavy atom. The van der Waals surface area contributed by atoms with Crippen molar-refractivity contribution in [3.8, 4) is 0 Å². The van der Waals surface area contributed by atoms with E-state index in [1.165, 1.54) is 24.0 Å². The molecule has 0 amide bonds. The van der Waals surface area contributed by atoms with E-state index in [0.29, 0.717) is 0 Å². The molecule has 2 rings (SSSR count). The first-order valence-electron chi connectivity index (χ1n) is 8.02. The Kier molecular flexibility index (Phi) is 5.57. The van der Waals surface area contributed by atoms with Gasteiger partial charge in [0.15, 0.2) is 0 Å². The van der Waals surface area contributed by atoms with Gasteiger partial charge in [0.25, 0.3) is 0 Å². The average Bonchev–Trinajstić information content (AvgIpc) is 2.50. The molecule has 1 aromatic rings. The van der Waals surface area contributed by atoms with Crippen molar-refractivity contribution in [1.29, 1.82) is 0 Å². The van der Waals surface area contributed by atoms with Crippen LogP contribution in [0.5, 0.6) is 0 Å². The van der Waals surface area contributed by atoms with Crippen molar-refractivity contribution >= 4 is 10.8 Å². The van der Waals surface area contributed by atoms with E-state index < -0.39 is 10.8 Å². The maximum absolute atomic E-state index is 12.7. The van der Waals surface area contributed by atoms with Gasteiger partial charge in [0.05, 0.1) is 10.8 Å². The van der Waals surface area contributed by atoms with Gasteiger partial charge in [0.1, 0.15) is 0 Å². The molecule has 0 radical (unpaired) electrons. The van der Waals surface area contributed by atoms with E-state index in [1.807, 2.05) is 30.3 Å². The van der Waals surface area contributed by atoms with Crippen LogP contribution in [0.1, 0.15) is 46.5 Å². The standard InChI is InChI=1S/C20H26OS/c1-5-17(22(21)18-11-7-6-8-12-18)13-14-19-16(2)10-9-15-20(19,3)4/h6-8,11-14H,2,5,9-10,15H2,1,3-4H3/b17-13-,19-14+. The summed E-state index contributed by atoms with van der Waals surface area (Å²) in [6, 6.07) is 9.68. The van der Waals surface area contributed by atoms with Crippen molar-refractivity contribution in [1.82, 2.24) is 0 Å². The summed E-state index contributed by atoms with van der Waals surface area (Å²) in [6.45, 7) is 10.8. The summed E-state index contributed by atoms with van der Waals surface area (Å²) < 4.78 is 12.7. The Labute approximate surface area is 137 Å². The van der Waals surface area contributed by atoms with E-state index in [0.717, 1.165) is 22.6 Å². The lowest BCUT2D eigenvalue weighted by molar-refractivity contribution is 0.371. The molecule has 22 heavy (non-hydrogen) atoms. The minimum atomic E-state index is -1.07. The van der Waals surface area contributed by atoms with Crippen molar-refractivity contribution in [2.45, 2.75) is 51.3 Å². The Hall–Kier alpha value is -1.41. The second-order valence-electron chi connectivity index (χ2n) is 6.49. The average molecular weight is 314 g/mol. The van der Waals surface area contributed by atoms with Crippen LogP contribution in [0.25, 0.3) is 0 Å². The van der Waals surface area contributed by atoms with Crippen LogP contribution >= 0.6 is 0 Å². The van der Waals surface area contributed by atoms with Gasteiger partial charge >= 0.3 is 0 Å². The fraction of sp³-hybridized carbons (Fsp3) is 0.400. The first-order chi connectivity index (χ1) is 10.5. The molecule has 1 fully saturated rings. The highest BCUT2D eigenvalue weighted by molar-refractivity contribution is 7.89. The van der Waals surface area contributed by atoms with E-state index in [9.17, 15) is 4.21 Å². The molecular formula is C20H26OS. The molecule has 0 heterocycles. The van der Waals surface area contributed by atoms with Gasteiger partial charge in [-0.25, -0.2) is 4.21 Å². The quantitative estimate of drug-likeness (QED) is 0.688. The molecule has 0 spiro atoms. The topological polar surface area (TPSA) is 17.1 Å². The molecule has 2 heteroatoms. The summed E-state index contributed by atoms with van der Waals surface area (Å²) in [5.74, 6) is 0. The SMILES string of the molecule is C=C1CCCC(C)(C)/C1=C/C=C(/CC)S(=O)c1ccccc1. The predicted molar refractivity (Wildman–Crippen MR) is 96.1 cm³/mol. The fourth-order valence-electron chi connectivity index (χ4n) is 3.02. The molecule has 1 nitrogen and oxygen atoms in total. The van der Waals surface area contributed by atoms with Gasteiger partial charge in [-0.05, 0) is 54.9 Å². The summed E-state index contributed by atoms with van der Waals surface area (Å²) in [5.41, 5.74) is 2.71. The highest BCUT2D eigenvalue weighted by atomic mass is 32.2. The van der Waals surface area contributed by atoms with Gasteiger partial charge in [-0.15, -0.1) is 0 Å². The van der Waals surface area contributed by atoms with Gasteiger partial charge in [0.2, 0.25) is 0 Å². The molecule has 0 bridgehead atoms. The van der Waals surface area contributed by atoms with Crippen LogP contribution in [0.15, 0.2) is 70.0 Å². The van der Waals surface area contributed by atoms with Crippen molar-refractivity contribution < 1.29 is 4.21 Å². The first-order valence-corrected chi connectivity index (χ1v) is 9.17. The van der Waals surface area contributed by atoms with Gasteiger partial charge in [-0.2, -0.15) is 0 Å². The number of hydrogen-bond acceptors (Lipinski definition) is 1. The van der Waals surface area contributed by atoms with Gasteiger partial charge < -0.3 is 0 Å². The van der Waals surface area contributed by atoms with Crippen molar-refractivity contribution in [3.63, 3.8) is 0 Å². The smallest absolute Gasteiger partial charge is 0.0808 e. The third kappa shape index (κ3) is 3.86. The monoisotopic (exact) mass is 314 g/mol. The van der Waals surface area contributed by atoms with Crippen molar-refractivity contribution in [2.75, 3.05) is 0 Å². The van der Waals surface area contributed by atoms with E-state index in [4.69, 9.17) is 0 Å². The Bertz CT molecular complexity index is 620. The van der Waals surface area contributed by atoms with E-state index in [1.54, 1.807) is 0 Å². The number of allylic oxidation sites excluding steroid dienone is 5. The van der Waals surface area contributed by atoms with Gasteiger partial charge in [-0.1, -0.05) is 57.2 Å². The van der Waals surface area contributed by atoms with Crippen LogP contribution in [0.2, 0.25) is 0 Å². The summed E-state index contributed by atoms with van der Waals surface area (Å²) in [5, 5.41) is 0. The van der Waals surface area contributed by atoms with Crippen LogP contribution in [-0.4, -0.2) is 4.21 Å². The maximum Gasteiger partial charge on any atom is 0.0808 e. The maximum atomic E-state index is 12.7. The van der Waals surface area contributed by atoms with Gasteiger partial charge in [0, 0.05) is 9.80 Å². The van der Waals surface area contributed by atoms with E-state index in [2.05, 4.69) is 39.5 Å². The molecule has 0 aliphatic heterocycles. The normalized spacial score (nSPS) is 21.9. The Morgan fingerprint density at radius 1 is 1.32 bits per heavy atom. The molecule has 1 saturated carbocycles. The molecule has 118 valence electrons. The Morgan fingerprint density at radius 2 is 2.00 bits per heavy atom. The largest absolute Gasteiger partial charge is 0.249 e. The summed E-state index contributed by atoms with van der Waals surface area (Å²) in [7, 11) is -1.07. The lowest BCUT2D eigenvalue weighted by Gasteiger charge is -2.34. The second kappa shape index (κ2) is 7.23. The zero-order chi connectivity index (χ0) is 16.2. The zero-order valence-electron chi connectivity index (χ0n) is 13.9. The molecule has 1 atom stereocenters. The highest BCUT2D eigenvalue weighted by Crippen LogP contribution is 2.42. The number of hydrogen-bond donors (Lipinski definition) is 0. The second-order valence-corrected chi connectivity index (χ2v) is 8.02. The zero-order valence-corrected chi connectivity index (χ0v) is 14.7. The van der Waals surface area contributed by atoms with E-state index >= 15 is 0 Å². The molecule has 0 aromatic heterocycles. The lowest BCUT2D eigenvalue weighted by atomic mass is 9.71. The molecule has 0 saturated heterocycles. The van der Waals surface area contributed by atoms with Crippen LogP contribution in [0, 0.1) is 5.41 Å². The molecular weight excluding hydrogens is 288 g/mol. The minimum absolute atomic E-state index is 0.166. The lowest BCUT2D eigenvalue weighted by Crippen LogP contribution is -2.20. The molecule has 1 unspecified atom stereocenters. The molecule has 1 aromatic carbocycles. The summed E-state index contributed by atoms with van der Waals surface area (Å²) in [4.78, 5) is 1.84. The first kappa shape index (κ1) is 17.0. The predicted octanol–water partition coefficient (Wildman–Crippen LogP) is 5.78. The third-order valence-corrected chi connectivity index (χ3v) is 5.97.